The lowest BCUT2D eigenvalue weighted by atomic mass is 10.1. The van der Waals surface area contributed by atoms with E-state index in [2.05, 4.69) is 47.5 Å². The van der Waals surface area contributed by atoms with Crippen molar-refractivity contribution in [3.05, 3.63) is 158 Å². The first-order chi connectivity index (χ1) is 22.8. The van der Waals surface area contributed by atoms with Crippen LogP contribution in [0.25, 0.3) is 10.9 Å². The second-order valence-corrected chi connectivity index (χ2v) is 12.6. The van der Waals surface area contributed by atoms with Crippen molar-refractivity contribution in [3.63, 3.8) is 0 Å². The van der Waals surface area contributed by atoms with Crippen LogP contribution in [0.3, 0.4) is 0 Å². The summed E-state index contributed by atoms with van der Waals surface area (Å²) < 4.78 is 13.8. The fraction of sp³-hybridized carbons (Fsp3) is 0.0789. The lowest BCUT2D eigenvalue weighted by molar-refractivity contribution is 0.101. The second-order valence-electron chi connectivity index (χ2n) is 10.8. The molecule has 0 spiro atoms. The predicted octanol–water partition coefficient (Wildman–Crippen LogP) is 9.73. The highest BCUT2D eigenvalue weighted by molar-refractivity contribution is 9.10. The van der Waals surface area contributed by atoms with Crippen molar-refractivity contribution in [2.45, 2.75) is 20.1 Å². The molecule has 0 saturated carbocycles. The van der Waals surface area contributed by atoms with E-state index >= 15 is 0 Å². The standard InChI is InChI=1S/C38H29Br2N3O4/c1-24-20-36(43-38(45)33-9-5-3-7-26(33)23-47-31-17-12-28(40)13-18-31)34-21-29(14-19-35(34)41-24)42-37(44)32-8-4-2-6-25(32)22-46-30-15-10-27(39)11-16-30/h2-21H,22-23H2,1H3,(H,42,44)(H,41,43,45). The van der Waals surface area contributed by atoms with Gasteiger partial charge in [0.25, 0.3) is 11.8 Å². The summed E-state index contributed by atoms with van der Waals surface area (Å²) in [6.07, 6.45) is 0. The largest absolute Gasteiger partial charge is 0.489 e. The van der Waals surface area contributed by atoms with E-state index < -0.39 is 0 Å². The normalized spacial score (nSPS) is 10.8. The number of anilines is 2. The van der Waals surface area contributed by atoms with Crippen LogP contribution in [0.1, 0.15) is 37.5 Å². The first-order valence-electron chi connectivity index (χ1n) is 14.8. The monoisotopic (exact) mass is 749 g/mol. The molecule has 0 aliphatic carbocycles. The van der Waals surface area contributed by atoms with Gasteiger partial charge in [0.05, 0.1) is 11.2 Å². The van der Waals surface area contributed by atoms with Gasteiger partial charge in [0.2, 0.25) is 0 Å². The van der Waals surface area contributed by atoms with Crippen LogP contribution in [0, 0.1) is 6.92 Å². The average molecular weight is 751 g/mol. The Kier molecular flexibility index (Phi) is 9.94. The minimum atomic E-state index is -0.277. The number of hydrogen-bond donors (Lipinski definition) is 2. The number of nitrogens with zero attached hydrogens (tertiary/aromatic N) is 1. The molecule has 9 heteroatoms. The number of halogens is 2. The Morgan fingerprint density at radius 3 is 1.70 bits per heavy atom. The third kappa shape index (κ3) is 8.06. The van der Waals surface area contributed by atoms with Gasteiger partial charge in [-0.15, -0.1) is 0 Å². The molecule has 2 amide bonds. The topological polar surface area (TPSA) is 89.6 Å². The van der Waals surface area contributed by atoms with Gasteiger partial charge in [-0.2, -0.15) is 0 Å². The van der Waals surface area contributed by atoms with Gasteiger partial charge < -0.3 is 20.1 Å². The minimum absolute atomic E-state index is 0.229. The van der Waals surface area contributed by atoms with E-state index in [1.54, 1.807) is 18.2 Å². The van der Waals surface area contributed by atoms with Crippen LogP contribution in [-0.2, 0) is 13.2 Å². The number of carbonyl (C=O) groups is 2. The summed E-state index contributed by atoms with van der Waals surface area (Å²) in [6, 6.07) is 37.0. The minimum Gasteiger partial charge on any atom is -0.489 e. The number of rotatable bonds is 10. The zero-order valence-corrected chi connectivity index (χ0v) is 28.5. The zero-order chi connectivity index (χ0) is 32.8. The van der Waals surface area contributed by atoms with Crippen molar-refractivity contribution in [1.29, 1.82) is 0 Å². The number of amides is 2. The van der Waals surface area contributed by atoms with Crippen molar-refractivity contribution in [2.75, 3.05) is 10.6 Å². The van der Waals surface area contributed by atoms with Crippen molar-refractivity contribution >= 4 is 66.0 Å². The van der Waals surface area contributed by atoms with Crippen molar-refractivity contribution in [3.8, 4) is 11.5 Å². The summed E-state index contributed by atoms with van der Waals surface area (Å²) in [5.41, 5.74) is 5.09. The number of ether oxygens (including phenoxy) is 2. The SMILES string of the molecule is Cc1cc(NC(=O)c2ccccc2COc2ccc(Br)cc2)c2cc(NC(=O)c3ccccc3COc3ccc(Br)cc3)ccc2n1. The Balaban J connectivity index is 1.20. The molecule has 0 aliphatic heterocycles. The average Bonchev–Trinajstić information content (AvgIpc) is 3.08. The zero-order valence-electron chi connectivity index (χ0n) is 25.3. The molecule has 1 aromatic heterocycles. The van der Waals surface area contributed by atoms with Crippen LogP contribution < -0.4 is 20.1 Å². The summed E-state index contributed by atoms with van der Waals surface area (Å²) in [5, 5.41) is 6.77. The molecule has 0 fully saturated rings. The molecule has 0 saturated heterocycles. The van der Waals surface area contributed by atoms with Crippen LogP contribution in [0.5, 0.6) is 11.5 Å². The fourth-order valence-electron chi connectivity index (χ4n) is 5.05. The highest BCUT2D eigenvalue weighted by Crippen LogP contribution is 2.28. The second kappa shape index (κ2) is 14.6. The molecular formula is C38H29Br2N3O4. The van der Waals surface area contributed by atoms with Gasteiger partial charge in [-0.25, -0.2) is 0 Å². The van der Waals surface area contributed by atoms with Crippen LogP contribution in [0.15, 0.2) is 130 Å². The maximum Gasteiger partial charge on any atom is 0.256 e. The Morgan fingerprint density at radius 2 is 1.15 bits per heavy atom. The number of carbonyl (C=O) groups excluding carboxylic acids is 2. The van der Waals surface area contributed by atoms with E-state index in [1.165, 1.54) is 0 Å². The van der Waals surface area contributed by atoms with Crippen molar-refractivity contribution in [1.82, 2.24) is 4.98 Å². The summed E-state index contributed by atoms with van der Waals surface area (Å²) in [4.78, 5) is 31.8. The smallest absolute Gasteiger partial charge is 0.256 e. The molecule has 6 rings (SSSR count). The van der Waals surface area contributed by atoms with E-state index in [9.17, 15) is 9.59 Å². The summed E-state index contributed by atoms with van der Waals surface area (Å²) in [5.74, 6) is 0.856. The van der Waals surface area contributed by atoms with Gasteiger partial charge in [0, 0.05) is 48.0 Å². The van der Waals surface area contributed by atoms with E-state index in [0.29, 0.717) is 44.9 Å². The number of aromatic nitrogens is 1. The van der Waals surface area contributed by atoms with E-state index in [4.69, 9.17) is 9.47 Å². The van der Waals surface area contributed by atoms with Crippen LogP contribution >= 0.6 is 31.9 Å². The Bertz CT molecular complexity index is 2070. The van der Waals surface area contributed by atoms with Gasteiger partial charge in [-0.3, -0.25) is 14.6 Å². The number of benzene rings is 5. The molecule has 234 valence electrons. The highest BCUT2D eigenvalue weighted by atomic mass is 79.9. The molecule has 0 aliphatic rings. The van der Waals surface area contributed by atoms with Gasteiger partial charge in [-0.05, 0) is 91.9 Å². The fourth-order valence-corrected chi connectivity index (χ4v) is 5.58. The molecule has 0 atom stereocenters. The van der Waals surface area contributed by atoms with Crippen molar-refractivity contribution in [2.24, 2.45) is 0 Å². The van der Waals surface area contributed by atoms with E-state index in [0.717, 1.165) is 25.8 Å². The summed E-state index contributed by atoms with van der Waals surface area (Å²) >= 11 is 6.86. The van der Waals surface area contributed by atoms with Crippen molar-refractivity contribution < 1.29 is 19.1 Å². The van der Waals surface area contributed by atoms with Gasteiger partial charge in [0.1, 0.15) is 24.7 Å². The van der Waals surface area contributed by atoms with Crippen LogP contribution in [0.2, 0.25) is 0 Å². The molecule has 0 unspecified atom stereocenters. The number of nitrogens with one attached hydrogen (secondary N) is 2. The molecular weight excluding hydrogens is 722 g/mol. The number of pyridine rings is 1. The number of fused-ring (bicyclic) bond motifs is 1. The molecule has 0 radical (unpaired) electrons. The first-order valence-corrected chi connectivity index (χ1v) is 16.4. The maximum atomic E-state index is 13.6. The predicted molar refractivity (Wildman–Crippen MR) is 192 cm³/mol. The Morgan fingerprint density at radius 1 is 0.638 bits per heavy atom. The number of hydrogen-bond acceptors (Lipinski definition) is 5. The van der Waals surface area contributed by atoms with E-state index in [-0.39, 0.29) is 25.0 Å². The van der Waals surface area contributed by atoms with Crippen LogP contribution in [0.4, 0.5) is 11.4 Å². The molecule has 7 nitrogen and oxygen atoms in total. The first kappa shape index (κ1) is 32.0. The molecule has 6 aromatic rings. The van der Waals surface area contributed by atoms with Gasteiger partial charge in [-0.1, -0.05) is 68.3 Å². The molecule has 5 aromatic carbocycles. The van der Waals surface area contributed by atoms with E-state index in [1.807, 2.05) is 110 Å². The lowest BCUT2D eigenvalue weighted by Gasteiger charge is -2.15. The quantitative estimate of drug-likeness (QED) is 0.146. The molecule has 0 bridgehead atoms. The summed E-state index contributed by atoms with van der Waals surface area (Å²) in [7, 11) is 0. The van der Waals surface area contributed by atoms with Gasteiger partial charge >= 0.3 is 0 Å². The number of aryl methyl sites for hydroxylation is 1. The molecule has 2 N–H and O–H groups in total. The summed E-state index contributed by atoms with van der Waals surface area (Å²) in [6.45, 7) is 2.34. The lowest BCUT2D eigenvalue weighted by Crippen LogP contribution is -2.16. The van der Waals surface area contributed by atoms with Crippen LogP contribution in [-0.4, -0.2) is 16.8 Å². The molecule has 47 heavy (non-hydrogen) atoms. The maximum absolute atomic E-state index is 13.6. The highest BCUT2D eigenvalue weighted by Gasteiger charge is 2.16. The third-order valence-electron chi connectivity index (χ3n) is 7.38. The third-order valence-corrected chi connectivity index (χ3v) is 8.44. The molecule has 1 heterocycles. The van der Waals surface area contributed by atoms with Gasteiger partial charge in [0.15, 0.2) is 0 Å². The Hall–Kier alpha value is -4.99. The Labute approximate surface area is 289 Å².